The van der Waals surface area contributed by atoms with Gasteiger partial charge in [-0.25, -0.2) is 0 Å². The van der Waals surface area contributed by atoms with E-state index in [1.807, 2.05) is 0 Å². The Morgan fingerprint density at radius 3 is 2.39 bits per heavy atom. The van der Waals surface area contributed by atoms with Gasteiger partial charge in [-0.1, -0.05) is 15.9 Å². The fourth-order valence-electron chi connectivity index (χ4n) is 1.30. The number of benzene rings is 1. The lowest BCUT2D eigenvalue weighted by atomic mass is 10.2. The third-order valence-electron chi connectivity index (χ3n) is 2.21. The summed E-state index contributed by atoms with van der Waals surface area (Å²) in [6.07, 6.45) is 0. The highest BCUT2D eigenvalue weighted by Crippen LogP contribution is 2.33. The van der Waals surface area contributed by atoms with Gasteiger partial charge in [-0.15, -0.1) is 12.4 Å². The number of nitrogens with two attached hydrogens (primary N) is 1. The van der Waals surface area contributed by atoms with Gasteiger partial charge in [0.1, 0.15) is 0 Å². The van der Waals surface area contributed by atoms with Crippen molar-refractivity contribution in [3.8, 4) is 11.5 Å². The molecule has 0 saturated carbocycles. The van der Waals surface area contributed by atoms with Crippen molar-refractivity contribution in [1.29, 1.82) is 0 Å². The molecule has 0 atom stereocenters. The molecule has 0 saturated heterocycles. The van der Waals surface area contributed by atoms with E-state index in [9.17, 15) is 4.79 Å². The lowest BCUT2D eigenvalue weighted by molar-refractivity contribution is -0.119. The van der Waals surface area contributed by atoms with Gasteiger partial charge in [0.25, 0.3) is 0 Å². The van der Waals surface area contributed by atoms with Crippen LogP contribution in [0.4, 0.5) is 0 Å². The van der Waals surface area contributed by atoms with Crippen LogP contribution in [0.1, 0.15) is 5.56 Å². The highest BCUT2D eigenvalue weighted by molar-refractivity contribution is 9.10. The van der Waals surface area contributed by atoms with E-state index in [-0.39, 0.29) is 24.9 Å². The Bertz CT molecular complexity index is 416. The lowest BCUT2D eigenvalue weighted by Crippen LogP contribution is -2.29. The Morgan fingerprint density at radius 2 is 1.89 bits per heavy atom. The average molecular weight is 340 g/mol. The highest BCUT2D eigenvalue weighted by Gasteiger charge is 2.10. The molecule has 0 unspecified atom stereocenters. The van der Waals surface area contributed by atoms with Gasteiger partial charge in [-0.05, 0) is 17.7 Å². The molecule has 0 spiro atoms. The monoisotopic (exact) mass is 338 g/mol. The van der Waals surface area contributed by atoms with Gasteiger partial charge in [-0.2, -0.15) is 0 Å². The normalized spacial score (nSPS) is 9.33. The van der Waals surface area contributed by atoms with E-state index in [4.69, 9.17) is 15.2 Å². The second-order valence-electron chi connectivity index (χ2n) is 3.28. The number of hydrogen-bond acceptors (Lipinski definition) is 4. The second kappa shape index (κ2) is 8.18. The number of ether oxygens (including phenoxy) is 2. The van der Waals surface area contributed by atoms with E-state index in [2.05, 4.69) is 21.2 Å². The predicted molar refractivity (Wildman–Crippen MR) is 75.4 cm³/mol. The second-order valence-corrected chi connectivity index (χ2v) is 4.13. The van der Waals surface area contributed by atoms with Gasteiger partial charge in [0.15, 0.2) is 11.5 Å². The van der Waals surface area contributed by atoms with Crippen LogP contribution in [0.15, 0.2) is 16.6 Å². The molecule has 0 aromatic heterocycles. The van der Waals surface area contributed by atoms with Crippen LogP contribution in [0, 0.1) is 0 Å². The van der Waals surface area contributed by atoms with Gasteiger partial charge in [-0.3, -0.25) is 4.79 Å². The van der Waals surface area contributed by atoms with Crippen LogP contribution in [-0.2, 0) is 11.3 Å². The number of rotatable bonds is 5. The van der Waals surface area contributed by atoms with E-state index in [1.54, 1.807) is 26.4 Å². The zero-order valence-electron chi connectivity index (χ0n) is 10.2. The van der Waals surface area contributed by atoms with Crippen molar-refractivity contribution >= 4 is 34.2 Å². The summed E-state index contributed by atoms with van der Waals surface area (Å²) in [7, 11) is 3.13. The minimum absolute atomic E-state index is 0. The number of halogens is 2. The third kappa shape index (κ3) is 4.36. The molecule has 1 rings (SSSR count). The van der Waals surface area contributed by atoms with E-state index in [1.165, 1.54) is 0 Å². The topological polar surface area (TPSA) is 73.6 Å². The fourth-order valence-corrected chi connectivity index (χ4v) is 1.76. The molecule has 0 heterocycles. The van der Waals surface area contributed by atoms with Crippen LogP contribution in [0.5, 0.6) is 11.5 Å². The predicted octanol–water partition coefficient (Wildman–Crippen LogP) is 1.46. The van der Waals surface area contributed by atoms with Gasteiger partial charge in [0.2, 0.25) is 5.91 Å². The number of amides is 1. The Hall–Kier alpha value is -0.980. The number of carbonyl (C=O) groups excluding carboxylic acids is 1. The maximum atomic E-state index is 11.1. The molecule has 0 bridgehead atoms. The first-order valence-electron chi connectivity index (χ1n) is 4.99. The highest BCUT2D eigenvalue weighted by atomic mass is 79.9. The van der Waals surface area contributed by atoms with Crippen molar-refractivity contribution in [2.45, 2.75) is 6.54 Å². The quantitative estimate of drug-likeness (QED) is 0.852. The lowest BCUT2D eigenvalue weighted by Gasteiger charge is -2.12. The Balaban J connectivity index is 0.00000289. The summed E-state index contributed by atoms with van der Waals surface area (Å²) in [4.78, 5) is 11.1. The van der Waals surface area contributed by atoms with E-state index in [0.29, 0.717) is 18.0 Å². The number of nitrogens with one attached hydrogen (secondary N) is 1. The first-order chi connectivity index (χ1) is 8.12. The van der Waals surface area contributed by atoms with Crippen LogP contribution in [0.2, 0.25) is 0 Å². The van der Waals surface area contributed by atoms with Crippen molar-refractivity contribution in [3.05, 3.63) is 22.2 Å². The third-order valence-corrected chi connectivity index (χ3v) is 2.95. The van der Waals surface area contributed by atoms with Crippen LogP contribution >= 0.6 is 28.3 Å². The summed E-state index contributed by atoms with van der Waals surface area (Å²) in [6, 6.07) is 3.60. The first kappa shape index (κ1) is 17.0. The number of hydrogen-bond donors (Lipinski definition) is 2. The summed E-state index contributed by atoms with van der Waals surface area (Å²) >= 11 is 3.41. The van der Waals surface area contributed by atoms with E-state index < -0.39 is 0 Å². The van der Waals surface area contributed by atoms with Crippen LogP contribution < -0.4 is 20.5 Å². The average Bonchev–Trinajstić information content (AvgIpc) is 2.36. The maximum Gasteiger partial charge on any atom is 0.234 e. The zero-order valence-corrected chi connectivity index (χ0v) is 12.6. The van der Waals surface area contributed by atoms with Crippen molar-refractivity contribution in [2.75, 3.05) is 20.8 Å². The van der Waals surface area contributed by atoms with Gasteiger partial charge < -0.3 is 20.5 Å². The Labute approximate surface area is 121 Å². The molecule has 0 aliphatic carbocycles. The van der Waals surface area contributed by atoms with Crippen molar-refractivity contribution < 1.29 is 14.3 Å². The summed E-state index contributed by atoms with van der Waals surface area (Å²) < 4.78 is 11.2. The molecule has 18 heavy (non-hydrogen) atoms. The van der Waals surface area contributed by atoms with Crippen molar-refractivity contribution in [3.63, 3.8) is 0 Å². The smallest absolute Gasteiger partial charge is 0.234 e. The van der Waals surface area contributed by atoms with E-state index >= 15 is 0 Å². The van der Waals surface area contributed by atoms with E-state index in [0.717, 1.165) is 10.0 Å². The van der Waals surface area contributed by atoms with Crippen LogP contribution in [0.25, 0.3) is 0 Å². The minimum atomic E-state index is -0.202. The summed E-state index contributed by atoms with van der Waals surface area (Å²) in [5, 5.41) is 2.69. The molecule has 0 aliphatic rings. The van der Waals surface area contributed by atoms with Crippen molar-refractivity contribution in [1.82, 2.24) is 5.32 Å². The first-order valence-corrected chi connectivity index (χ1v) is 5.78. The molecule has 3 N–H and O–H groups in total. The fraction of sp³-hybridized carbons (Fsp3) is 0.364. The Morgan fingerprint density at radius 1 is 1.33 bits per heavy atom. The van der Waals surface area contributed by atoms with Crippen LogP contribution in [0.3, 0.4) is 0 Å². The molecule has 0 fully saturated rings. The molecule has 0 radical (unpaired) electrons. The minimum Gasteiger partial charge on any atom is -0.493 e. The molecular formula is C11H16BrClN2O3. The molecule has 1 amide bonds. The van der Waals surface area contributed by atoms with Gasteiger partial charge in [0, 0.05) is 11.0 Å². The van der Waals surface area contributed by atoms with Crippen LogP contribution in [-0.4, -0.2) is 26.7 Å². The van der Waals surface area contributed by atoms with Crippen molar-refractivity contribution in [2.24, 2.45) is 5.73 Å². The zero-order chi connectivity index (χ0) is 12.8. The van der Waals surface area contributed by atoms with Gasteiger partial charge >= 0.3 is 0 Å². The Kier molecular flexibility index (Phi) is 7.73. The number of carbonyl (C=O) groups is 1. The van der Waals surface area contributed by atoms with Gasteiger partial charge in [0.05, 0.1) is 20.8 Å². The molecule has 1 aromatic rings. The molecule has 0 aliphatic heterocycles. The molecule has 102 valence electrons. The summed E-state index contributed by atoms with van der Waals surface area (Å²) in [5.41, 5.74) is 6.10. The number of methoxy groups -OCH3 is 2. The summed E-state index contributed by atoms with van der Waals surface area (Å²) in [5.74, 6) is 1.05. The molecule has 5 nitrogen and oxygen atoms in total. The largest absolute Gasteiger partial charge is 0.493 e. The molecular weight excluding hydrogens is 323 g/mol. The maximum absolute atomic E-state index is 11.1. The SMILES string of the molecule is COc1cc(Br)c(CNC(=O)CN)cc1OC.Cl. The molecule has 1 aromatic carbocycles. The summed E-state index contributed by atoms with van der Waals surface area (Å²) in [6.45, 7) is 0.363. The standard InChI is InChI=1S/C11H15BrN2O3.ClH/c1-16-9-3-7(6-14-11(15)5-13)8(12)4-10(9)17-2;/h3-4H,5-6,13H2,1-2H3,(H,14,15);1H. The molecule has 7 heteroatoms.